The summed E-state index contributed by atoms with van der Waals surface area (Å²) in [4.78, 5) is 10.4. The first kappa shape index (κ1) is 17.5. The van der Waals surface area contributed by atoms with Crippen LogP contribution in [-0.2, 0) is 4.79 Å². The summed E-state index contributed by atoms with van der Waals surface area (Å²) < 4.78 is 5.71. The fourth-order valence-electron chi connectivity index (χ4n) is 2.28. The van der Waals surface area contributed by atoms with E-state index >= 15 is 0 Å². The molecule has 0 atom stereocenters. The number of unbranched alkanes of at least 4 members (excludes halogenated alkanes) is 2. The van der Waals surface area contributed by atoms with Crippen molar-refractivity contribution in [3.63, 3.8) is 0 Å². The van der Waals surface area contributed by atoms with Crippen LogP contribution in [0.4, 0.5) is 0 Å². The molecule has 0 aliphatic rings. The predicted molar refractivity (Wildman–Crippen MR) is 95.5 cm³/mol. The minimum Gasteiger partial charge on any atom is -0.545 e. The van der Waals surface area contributed by atoms with Crippen LogP contribution in [0.2, 0.25) is 0 Å². The molecule has 24 heavy (non-hydrogen) atoms. The Morgan fingerprint density at radius 3 is 2.21 bits per heavy atom. The van der Waals surface area contributed by atoms with Crippen LogP contribution in [0.5, 0.6) is 5.75 Å². The average Bonchev–Trinajstić information content (AvgIpc) is 2.61. The standard InChI is InChI=1S/C21H22O3/c1-2-3-4-5-16-24-20-13-11-19(12-14-20)18-9-6-17(7-10-18)8-15-21(22)23/h2,6-15H,1,3-5,16H2,(H,22,23)/p-1/b15-8+. The van der Waals surface area contributed by atoms with E-state index in [1.807, 2.05) is 54.6 Å². The highest BCUT2D eigenvalue weighted by atomic mass is 16.5. The van der Waals surface area contributed by atoms with Crippen molar-refractivity contribution in [2.45, 2.75) is 19.3 Å². The molecule has 0 aliphatic heterocycles. The molecule has 0 saturated heterocycles. The smallest absolute Gasteiger partial charge is 0.119 e. The third-order valence-electron chi connectivity index (χ3n) is 3.58. The van der Waals surface area contributed by atoms with Crippen LogP contribution in [0.1, 0.15) is 24.8 Å². The number of aliphatic carboxylic acids is 1. The molecule has 0 bridgehead atoms. The molecule has 0 heterocycles. The summed E-state index contributed by atoms with van der Waals surface area (Å²) in [5, 5.41) is 10.4. The zero-order chi connectivity index (χ0) is 17.2. The van der Waals surface area contributed by atoms with Crippen molar-refractivity contribution in [3.05, 3.63) is 72.8 Å². The van der Waals surface area contributed by atoms with Crippen molar-refractivity contribution < 1.29 is 14.6 Å². The van der Waals surface area contributed by atoms with Crippen molar-refractivity contribution in [1.82, 2.24) is 0 Å². The first-order valence-corrected chi connectivity index (χ1v) is 8.02. The third-order valence-corrected chi connectivity index (χ3v) is 3.58. The average molecular weight is 321 g/mol. The molecule has 0 N–H and O–H groups in total. The molecular formula is C21H21O3-. The Morgan fingerprint density at radius 2 is 1.62 bits per heavy atom. The lowest BCUT2D eigenvalue weighted by atomic mass is 10.0. The predicted octanol–water partition coefficient (Wildman–Crippen LogP) is 3.85. The number of carbonyl (C=O) groups is 1. The van der Waals surface area contributed by atoms with Crippen LogP contribution in [0.15, 0.2) is 67.3 Å². The minimum absolute atomic E-state index is 0.715. The summed E-state index contributed by atoms with van der Waals surface area (Å²) in [5.74, 6) is -0.329. The van der Waals surface area contributed by atoms with E-state index in [4.69, 9.17) is 4.74 Å². The Morgan fingerprint density at radius 1 is 1.00 bits per heavy atom. The van der Waals surface area contributed by atoms with Gasteiger partial charge in [-0.2, -0.15) is 0 Å². The van der Waals surface area contributed by atoms with Gasteiger partial charge in [-0.25, -0.2) is 0 Å². The molecule has 0 spiro atoms. The van der Waals surface area contributed by atoms with Gasteiger partial charge in [-0.1, -0.05) is 48.6 Å². The van der Waals surface area contributed by atoms with E-state index in [-0.39, 0.29) is 0 Å². The van der Waals surface area contributed by atoms with E-state index in [9.17, 15) is 9.90 Å². The Labute approximate surface area is 142 Å². The Hall–Kier alpha value is -2.81. The largest absolute Gasteiger partial charge is 0.545 e. The van der Waals surface area contributed by atoms with E-state index in [0.717, 1.165) is 47.8 Å². The topological polar surface area (TPSA) is 49.4 Å². The van der Waals surface area contributed by atoms with Crippen molar-refractivity contribution in [1.29, 1.82) is 0 Å². The van der Waals surface area contributed by atoms with Crippen LogP contribution in [-0.4, -0.2) is 12.6 Å². The van der Waals surface area contributed by atoms with Gasteiger partial charge in [0.25, 0.3) is 0 Å². The van der Waals surface area contributed by atoms with E-state index in [0.29, 0.717) is 6.61 Å². The normalized spacial score (nSPS) is 10.7. The monoisotopic (exact) mass is 321 g/mol. The van der Waals surface area contributed by atoms with Crippen molar-refractivity contribution in [2.24, 2.45) is 0 Å². The first-order valence-electron chi connectivity index (χ1n) is 8.02. The van der Waals surface area contributed by atoms with Gasteiger partial charge in [-0.3, -0.25) is 0 Å². The summed E-state index contributed by atoms with van der Waals surface area (Å²) in [6.45, 7) is 4.42. The quantitative estimate of drug-likeness (QED) is 0.400. The number of carbonyl (C=O) groups excluding carboxylic acids is 1. The van der Waals surface area contributed by atoms with Gasteiger partial charge >= 0.3 is 0 Å². The Kier molecular flexibility index (Phi) is 6.84. The maximum Gasteiger partial charge on any atom is 0.119 e. The maximum absolute atomic E-state index is 10.4. The van der Waals surface area contributed by atoms with Crippen molar-refractivity contribution in [3.8, 4) is 16.9 Å². The van der Waals surface area contributed by atoms with E-state index < -0.39 is 5.97 Å². The van der Waals surface area contributed by atoms with Gasteiger partial charge in [0.05, 0.1) is 12.6 Å². The molecule has 2 aromatic rings. The van der Waals surface area contributed by atoms with Gasteiger partial charge in [0.15, 0.2) is 0 Å². The minimum atomic E-state index is -1.20. The number of allylic oxidation sites excluding steroid dienone is 1. The number of benzene rings is 2. The lowest BCUT2D eigenvalue weighted by Gasteiger charge is -2.07. The van der Waals surface area contributed by atoms with Crippen LogP contribution >= 0.6 is 0 Å². The molecule has 124 valence electrons. The molecule has 0 unspecified atom stereocenters. The molecule has 0 radical (unpaired) electrons. The number of rotatable bonds is 9. The van der Waals surface area contributed by atoms with Crippen molar-refractivity contribution >= 4 is 12.0 Å². The Bertz CT molecular complexity index is 682. The van der Waals surface area contributed by atoms with Crippen LogP contribution in [0.25, 0.3) is 17.2 Å². The molecule has 3 heteroatoms. The van der Waals surface area contributed by atoms with Crippen LogP contribution < -0.4 is 9.84 Å². The lowest BCUT2D eigenvalue weighted by Crippen LogP contribution is -2.18. The second-order valence-corrected chi connectivity index (χ2v) is 5.43. The van der Waals surface area contributed by atoms with Crippen LogP contribution in [0, 0.1) is 0 Å². The highest BCUT2D eigenvalue weighted by Gasteiger charge is 1.99. The Balaban J connectivity index is 1.92. The second-order valence-electron chi connectivity index (χ2n) is 5.43. The van der Waals surface area contributed by atoms with E-state index in [1.165, 1.54) is 6.08 Å². The molecule has 0 saturated carbocycles. The van der Waals surface area contributed by atoms with Gasteiger partial charge in [-0.05, 0) is 54.2 Å². The second kappa shape index (κ2) is 9.36. The molecular weight excluding hydrogens is 300 g/mol. The summed E-state index contributed by atoms with van der Waals surface area (Å²) in [5.41, 5.74) is 2.98. The number of carboxylic acids is 1. The zero-order valence-corrected chi connectivity index (χ0v) is 13.6. The maximum atomic E-state index is 10.4. The summed E-state index contributed by atoms with van der Waals surface area (Å²) >= 11 is 0. The van der Waals surface area contributed by atoms with Gasteiger partial charge in [0.1, 0.15) is 5.75 Å². The summed E-state index contributed by atoms with van der Waals surface area (Å²) in [6, 6.07) is 15.6. The lowest BCUT2D eigenvalue weighted by molar-refractivity contribution is -0.297. The highest BCUT2D eigenvalue weighted by Crippen LogP contribution is 2.23. The highest BCUT2D eigenvalue weighted by molar-refractivity contribution is 5.83. The summed E-state index contributed by atoms with van der Waals surface area (Å²) in [6.07, 6.45) is 7.61. The molecule has 2 aromatic carbocycles. The van der Waals surface area contributed by atoms with Gasteiger partial charge in [-0.15, -0.1) is 6.58 Å². The van der Waals surface area contributed by atoms with E-state index in [2.05, 4.69) is 6.58 Å². The van der Waals surface area contributed by atoms with E-state index in [1.54, 1.807) is 0 Å². The number of ether oxygens (including phenoxy) is 1. The van der Waals surface area contributed by atoms with Crippen molar-refractivity contribution in [2.75, 3.05) is 6.61 Å². The number of hydrogen-bond acceptors (Lipinski definition) is 3. The fraction of sp³-hybridized carbons (Fsp3) is 0.190. The molecule has 2 rings (SSSR count). The fourth-order valence-corrected chi connectivity index (χ4v) is 2.28. The van der Waals surface area contributed by atoms with Crippen LogP contribution in [0.3, 0.4) is 0 Å². The number of hydrogen-bond donors (Lipinski definition) is 0. The molecule has 0 fully saturated rings. The molecule has 3 nitrogen and oxygen atoms in total. The first-order chi connectivity index (χ1) is 11.7. The van der Waals surface area contributed by atoms with Gasteiger partial charge in [0.2, 0.25) is 0 Å². The molecule has 0 amide bonds. The van der Waals surface area contributed by atoms with Gasteiger partial charge < -0.3 is 14.6 Å². The van der Waals surface area contributed by atoms with Gasteiger partial charge in [0, 0.05) is 0 Å². The summed E-state index contributed by atoms with van der Waals surface area (Å²) in [7, 11) is 0. The number of carboxylic acid groups (broad SMARTS) is 1. The SMILES string of the molecule is C=CCCCCOc1ccc(-c2ccc(/C=C/C(=O)[O-])cc2)cc1. The third kappa shape index (κ3) is 5.76. The molecule has 0 aliphatic carbocycles. The zero-order valence-electron chi connectivity index (χ0n) is 13.6. The molecule has 0 aromatic heterocycles.